The molecule has 0 saturated heterocycles. The lowest BCUT2D eigenvalue weighted by atomic mass is 10.1. The monoisotopic (exact) mass is 237 g/mol. The fourth-order valence-electron chi connectivity index (χ4n) is 1.83. The number of nitrogens with zero attached hydrogens (tertiary/aromatic N) is 2. The fraction of sp³-hybridized carbons (Fsp3) is 0.200. The Balaban J connectivity index is 2.15. The molecule has 0 fully saturated rings. The second-order valence-corrected chi connectivity index (χ2v) is 4.26. The van der Waals surface area contributed by atoms with Crippen LogP contribution in [-0.4, -0.2) is 4.98 Å². The average molecular weight is 237 g/mol. The zero-order valence-corrected chi connectivity index (χ0v) is 10.5. The maximum absolute atomic E-state index is 8.89. The molecule has 1 aromatic heterocycles. The van der Waals surface area contributed by atoms with Crippen molar-refractivity contribution in [3.05, 3.63) is 59.4 Å². The molecule has 0 saturated carbocycles. The maximum atomic E-state index is 8.89. The van der Waals surface area contributed by atoms with E-state index in [1.807, 2.05) is 43.3 Å². The van der Waals surface area contributed by atoms with Gasteiger partial charge in [-0.05, 0) is 49.7 Å². The summed E-state index contributed by atoms with van der Waals surface area (Å²) in [6.07, 6.45) is 1.79. The van der Waals surface area contributed by atoms with Crippen molar-refractivity contribution in [3.8, 4) is 6.07 Å². The van der Waals surface area contributed by atoms with Crippen LogP contribution < -0.4 is 5.32 Å². The van der Waals surface area contributed by atoms with E-state index in [9.17, 15) is 0 Å². The van der Waals surface area contributed by atoms with Crippen LogP contribution in [0.3, 0.4) is 0 Å². The van der Waals surface area contributed by atoms with Crippen LogP contribution in [0.5, 0.6) is 0 Å². The minimum atomic E-state index is 0.138. The molecule has 1 aromatic carbocycles. The highest BCUT2D eigenvalue weighted by Gasteiger charge is 2.06. The van der Waals surface area contributed by atoms with Gasteiger partial charge in [-0.25, -0.2) is 0 Å². The van der Waals surface area contributed by atoms with Crippen LogP contribution in [0.2, 0.25) is 0 Å². The Bertz CT molecular complexity index is 570. The van der Waals surface area contributed by atoms with Crippen LogP contribution in [0.4, 0.5) is 5.69 Å². The molecule has 0 spiro atoms. The molecule has 3 heteroatoms. The molecule has 0 aliphatic carbocycles. The van der Waals surface area contributed by atoms with Gasteiger partial charge in [0, 0.05) is 11.9 Å². The maximum Gasteiger partial charge on any atom is 0.0994 e. The number of hydrogen-bond donors (Lipinski definition) is 1. The van der Waals surface area contributed by atoms with Crippen molar-refractivity contribution in [1.29, 1.82) is 5.26 Å². The van der Waals surface area contributed by atoms with Gasteiger partial charge in [0.2, 0.25) is 0 Å². The summed E-state index contributed by atoms with van der Waals surface area (Å²) in [4.78, 5) is 4.32. The van der Waals surface area contributed by atoms with Gasteiger partial charge < -0.3 is 5.32 Å². The van der Waals surface area contributed by atoms with Gasteiger partial charge in [0.1, 0.15) is 0 Å². The first-order chi connectivity index (χ1) is 8.70. The number of aromatic nitrogens is 1. The molecule has 18 heavy (non-hydrogen) atoms. The number of anilines is 1. The Morgan fingerprint density at radius 3 is 2.72 bits per heavy atom. The van der Waals surface area contributed by atoms with Crippen molar-refractivity contribution in [3.63, 3.8) is 0 Å². The van der Waals surface area contributed by atoms with E-state index in [2.05, 4.69) is 23.3 Å². The van der Waals surface area contributed by atoms with E-state index in [0.29, 0.717) is 5.56 Å². The van der Waals surface area contributed by atoms with E-state index in [1.165, 1.54) is 0 Å². The number of aryl methyl sites for hydroxylation is 1. The average Bonchev–Trinajstić information content (AvgIpc) is 2.40. The minimum Gasteiger partial charge on any atom is -0.377 e. The van der Waals surface area contributed by atoms with E-state index >= 15 is 0 Å². The Morgan fingerprint density at radius 1 is 1.28 bits per heavy atom. The van der Waals surface area contributed by atoms with Gasteiger partial charge in [-0.1, -0.05) is 6.07 Å². The van der Waals surface area contributed by atoms with Crippen LogP contribution in [-0.2, 0) is 0 Å². The Morgan fingerprint density at radius 2 is 2.11 bits per heavy atom. The molecule has 0 radical (unpaired) electrons. The Kier molecular flexibility index (Phi) is 3.59. The summed E-state index contributed by atoms with van der Waals surface area (Å²) in [6.45, 7) is 4.00. The van der Waals surface area contributed by atoms with E-state index in [1.54, 1.807) is 6.20 Å². The third-order valence-electron chi connectivity index (χ3n) is 2.86. The highest BCUT2D eigenvalue weighted by atomic mass is 14.9. The number of nitrogens with one attached hydrogen (secondary N) is 1. The van der Waals surface area contributed by atoms with Crippen LogP contribution in [0.1, 0.15) is 29.8 Å². The first-order valence-corrected chi connectivity index (χ1v) is 5.89. The molecule has 2 rings (SSSR count). The number of hydrogen-bond acceptors (Lipinski definition) is 3. The molecule has 1 unspecified atom stereocenters. The molecule has 90 valence electrons. The molecule has 2 aromatic rings. The molecule has 0 aliphatic heterocycles. The molecule has 0 bridgehead atoms. The third-order valence-corrected chi connectivity index (χ3v) is 2.86. The van der Waals surface area contributed by atoms with E-state index < -0.39 is 0 Å². The largest absolute Gasteiger partial charge is 0.377 e. The SMILES string of the molecule is Cc1cc(NC(C)c2ccccn2)ccc1C#N. The van der Waals surface area contributed by atoms with E-state index in [4.69, 9.17) is 5.26 Å². The summed E-state index contributed by atoms with van der Waals surface area (Å²) in [5.74, 6) is 0. The zero-order chi connectivity index (χ0) is 13.0. The van der Waals surface area contributed by atoms with Gasteiger partial charge in [-0.2, -0.15) is 5.26 Å². The van der Waals surface area contributed by atoms with Crippen molar-refractivity contribution in [2.75, 3.05) is 5.32 Å². The van der Waals surface area contributed by atoms with Crippen molar-refractivity contribution in [2.24, 2.45) is 0 Å². The minimum absolute atomic E-state index is 0.138. The van der Waals surface area contributed by atoms with Gasteiger partial charge in [0.05, 0.1) is 23.4 Å². The van der Waals surface area contributed by atoms with Crippen LogP contribution in [0, 0.1) is 18.3 Å². The smallest absolute Gasteiger partial charge is 0.0994 e. The molecule has 0 amide bonds. The molecule has 1 N–H and O–H groups in total. The third kappa shape index (κ3) is 2.67. The van der Waals surface area contributed by atoms with Crippen LogP contribution in [0.15, 0.2) is 42.6 Å². The predicted molar refractivity (Wildman–Crippen MR) is 72.2 cm³/mol. The van der Waals surface area contributed by atoms with Gasteiger partial charge in [-0.3, -0.25) is 4.98 Å². The lowest BCUT2D eigenvalue weighted by molar-refractivity contribution is 0.839. The second kappa shape index (κ2) is 5.33. The lowest BCUT2D eigenvalue weighted by Gasteiger charge is -2.15. The molecular formula is C15H15N3. The predicted octanol–water partition coefficient (Wildman–Crippen LogP) is 3.43. The highest BCUT2D eigenvalue weighted by molar-refractivity contribution is 5.52. The van der Waals surface area contributed by atoms with Gasteiger partial charge in [-0.15, -0.1) is 0 Å². The molecule has 1 atom stereocenters. The summed E-state index contributed by atoms with van der Waals surface area (Å²) in [7, 11) is 0. The normalized spacial score (nSPS) is 11.6. The van der Waals surface area contributed by atoms with E-state index in [0.717, 1.165) is 16.9 Å². The first-order valence-electron chi connectivity index (χ1n) is 5.89. The quantitative estimate of drug-likeness (QED) is 0.889. The second-order valence-electron chi connectivity index (χ2n) is 4.26. The fourth-order valence-corrected chi connectivity index (χ4v) is 1.83. The summed E-state index contributed by atoms with van der Waals surface area (Å²) in [5, 5.41) is 12.3. The Hall–Kier alpha value is -2.34. The van der Waals surface area contributed by atoms with Gasteiger partial charge in [0.15, 0.2) is 0 Å². The number of benzene rings is 1. The molecule has 3 nitrogen and oxygen atoms in total. The zero-order valence-electron chi connectivity index (χ0n) is 10.5. The standard InChI is InChI=1S/C15H15N3/c1-11-9-14(7-6-13(11)10-16)18-12(2)15-5-3-4-8-17-15/h3-9,12,18H,1-2H3. The number of rotatable bonds is 3. The van der Waals surface area contributed by atoms with E-state index in [-0.39, 0.29) is 6.04 Å². The number of pyridine rings is 1. The van der Waals surface area contributed by atoms with Crippen molar-refractivity contribution in [1.82, 2.24) is 4.98 Å². The summed E-state index contributed by atoms with van der Waals surface area (Å²) in [6, 6.07) is 13.9. The first kappa shape index (κ1) is 12.1. The van der Waals surface area contributed by atoms with Crippen molar-refractivity contribution >= 4 is 5.69 Å². The number of nitriles is 1. The molecular weight excluding hydrogens is 222 g/mol. The molecule has 0 aliphatic rings. The Labute approximate surface area is 107 Å². The molecule has 1 heterocycles. The summed E-state index contributed by atoms with van der Waals surface area (Å²) >= 11 is 0. The van der Waals surface area contributed by atoms with Crippen molar-refractivity contribution < 1.29 is 0 Å². The summed E-state index contributed by atoms with van der Waals surface area (Å²) < 4.78 is 0. The van der Waals surface area contributed by atoms with Crippen LogP contribution in [0.25, 0.3) is 0 Å². The van der Waals surface area contributed by atoms with Crippen molar-refractivity contribution in [2.45, 2.75) is 19.9 Å². The topological polar surface area (TPSA) is 48.7 Å². The lowest BCUT2D eigenvalue weighted by Crippen LogP contribution is -2.08. The highest BCUT2D eigenvalue weighted by Crippen LogP contribution is 2.20. The van der Waals surface area contributed by atoms with Gasteiger partial charge >= 0.3 is 0 Å². The summed E-state index contributed by atoms with van der Waals surface area (Å²) in [5.41, 5.74) is 3.70. The van der Waals surface area contributed by atoms with Crippen LogP contribution >= 0.6 is 0 Å². The van der Waals surface area contributed by atoms with Gasteiger partial charge in [0.25, 0.3) is 0 Å².